The molecule has 3 amide bonds. The van der Waals surface area contributed by atoms with E-state index in [0.717, 1.165) is 5.69 Å². The first-order chi connectivity index (χ1) is 11.5. The highest BCUT2D eigenvalue weighted by Crippen LogP contribution is 2.23. The van der Waals surface area contributed by atoms with Gasteiger partial charge in [-0.05, 0) is 31.2 Å². The highest BCUT2D eigenvalue weighted by Gasteiger charge is 2.33. The van der Waals surface area contributed by atoms with E-state index in [1.807, 2.05) is 6.92 Å². The van der Waals surface area contributed by atoms with Gasteiger partial charge in [0.2, 0.25) is 11.8 Å². The molecule has 1 heterocycles. The number of hydrogen-bond donors (Lipinski definition) is 1. The Morgan fingerprint density at radius 2 is 1.92 bits per heavy atom. The topological polar surface area (TPSA) is 88.2 Å². The second-order valence-electron chi connectivity index (χ2n) is 5.42. The van der Waals surface area contributed by atoms with Crippen LogP contribution in [0.25, 0.3) is 0 Å². The zero-order valence-electron chi connectivity index (χ0n) is 13.9. The molecular formula is C16H21N3O5. The molecule has 0 aliphatic carbocycles. The van der Waals surface area contributed by atoms with Crippen LogP contribution < -0.4 is 15.0 Å². The van der Waals surface area contributed by atoms with E-state index in [0.29, 0.717) is 12.3 Å². The molecule has 130 valence electrons. The van der Waals surface area contributed by atoms with Gasteiger partial charge in [-0.2, -0.15) is 0 Å². The summed E-state index contributed by atoms with van der Waals surface area (Å²) in [6.45, 7) is 2.01. The number of hydrogen-bond acceptors (Lipinski definition) is 5. The predicted octanol–water partition coefficient (Wildman–Crippen LogP) is 0.615. The molecule has 0 saturated carbocycles. The van der Waals surface area contributed by atoms with Crippen molar-refractivity contribution >= 4 is 23.6 Å². The molecule has 0 radical (unpaired) electrons. The maximum atomic E-state index is 12.4. The number of nitrogens with one attached hydrogen (secondary N) is 1. The van der Waals surface area contributed by atoms with Gasteiger partial charge < -0.3 is 24.6 Å². The first kappa shape index (κ1) is 17.6. The molecule has 1 atom stereocenters. The van der Waals surface area contributed by atoms with Crippen LogP contribution in [0.3, 0.4) is 0 Å². The second kappa shape index (κ2) is 7.67. The van der Waals surface area contributed by atoms with Gasteiger partial charge >= 0.3 is 6.09 Å². The van der Waals surface area contributed by atoms with Crippen LogP contribution in [0.5, 0.6) is 5.75 Å². The summed E-state index contributed by atoms with van der Waals surface area (Å²) in [5, 5.41) is 2.33. The van der Waals surface area contributed by atoms with E-state index in [1.54, 1.807) is 36.3 Å². The summed E-state index contributed by atoms with van der Waals surface area (Å²) < 4.78 is 9.53. The molecule has 0 aromatic heterocycles. The first-order valence-electron chi connectivity index (χ1n) is 7.52. The molecular weight excluding hydrogens is 314 g/mol. The minimum Gasteiger partial charge on any atom is -0.497 e. The molecule has 1 aliphatic rings. The lowest BCUT2D eigenvalue weighted by Crippen LogP contribution is -2.58. The second-order valence-corrected chi connectivity index (χ2v) is 5.42. The fraction of sp³-hybridized carbons (Fsp3) is 0.438. The maximum absolute atomic E-state index is 12.4. The zero-order chi connectivity index (χ0) is 17.7. The van der Waals surface area contributed by atoms with Crippen molar-refractivity contribution in [2.45, 2.75) is 13.0 Å². The molecule has 8 heteroatoms. The maximum Gasteiger partial charge on any atom is 0.407 e. The lowest BCUT2D eigenvalue weighted by atomic mass is 10.1. The van der Waals surface area contributed by atoms with Crippen LogP contribution in [-0.4, -0.2) is 62.7 Å². The van der Waals surface area contributed by atoms with E-state index in [2.05, 4.69) is 10.1 Å². The van der Waals surface area contributed by atoms with Crippen LogP contribution in [0.15, 0.2) is 24.3 Å². The fourth-order valence-corrected chi connectivity index (χ4v) is 2.52. The summed E-state index contributed by atoms with van der Waals surface area (Å²) in [5.74, 6) is 0.210. The van der Waals surface area contributed by atoms with Crippen LogP contribution in [-0.2, 0) is 14.3 Å². The third kappa shape index (κ3) is 3.95. The molecule has 0 spiro atoms. The van der Waals surface area contributed by atoms with E-state index in [-0.39, 0.29) is 30.9 Å². The van der Waals surface area contributed by atoms with Crippen molar-refractivity contribution in [3.63, 3.8) is 0 Å². The van der Waals surface area contributed by atoms with E-state index in [9.17, 15) is 14.4 Å². The molecule has 0 bridgehead atoms. The average Bonchev–Trinajstić information content (AvgIpc) is 2.61. The highest BCUT2D eigenvalue weighted by atomic mass is 16.5. The number of piperazine rings is 1. The summed E-state index contributed by atoms with van der Waals surface area (Å²) in [7, 11) is 2.80. The van der Waals surface area contributed by atoms with Crippen molar-refractivity contribution in [3.8, 4) is 5.75 Å². The lowest BCUT2D eigenvalue weighted by molar-refractivity contribution is -0.138. The van der Waals surface area contributed by atoms with E-state index in [1.165, 1.54) is 12.0 Å². The third-order valence-corrected chi connectivity index (χ3v) is 3.86. The van der Waals surface area contributed by atoms with Gasteiger partial charge in [0.1, 0.15) is 18.8 Å². The number of ether oxygens (including phenoxy) is 2. The van der Waals surface area contributed by atoms with Gasteiger partial charge in [0, 0.05) is 18.3 Å². The van der Waals surface area contributed by atoms with Crippen LogP contribution in [0.1, 0.15) is 6.92 Å². The van der Waals surface area contributed by atoms with Crippen LogP contribution in [0, 0.1) is 0 Å². The van der Waals surface area contributed by atoms with E-state index >= 15 is 0 Å². The summed E-state index contributed by atoms with van der Waals surface area (Å²) >= 11 is 0. The molecule has 1 saturated heterocycles. The minimum absolute atomic E-state index is 0.0329. The fourth-order valence-electron chi connectivity index (χ4n) is 2.52. The predicted molar refractivity (Wildman–Crippen MR) is 86.9 cm³/mol. The van der Waals surface area contributed by atoms with Crippen molar-refractivity contribution < 1.29 is 23.9 Å². The molecule has 1 aromatic rings. The van der Waals surface area contributed by atoms with Crippen LogP contribution >= 0.6 is 0 Å². The monoisotopic (exact) mass is 335 g/mol. The zero-order valence-corrected chi connectivity index (χ0v) is 13.9. The third-order valence-electron chi connectivity index (χ3n) is 3.86. The van der Waals surface area contributed by atoms with E-state index in [4.69, 9.17) is 4.74 Å². The SMILES string of the molecule is COC(=O)NCC(=O)N1CC(=O)N(c2ccc(OC)cc2)CC1C. The quantitative estimate of drug-likeness (QED) is 0.871. The van der Waals surface area contributed by atoms with Gasteiger partial charge in [0.05, 0.1) is 14.2 Å². The van der Waals surface area contributed by atoms with Gasteiger partial charge in [-0.15, -0.1) is 0 Å². The van der Waals surface area contributed by atoms with Gasteiger partial charge in [0.15, 0.2) is 0 Å². The summed E-state index contributed by atoms with van der Waals surface area (Å²) in [4.78, 5) is 38.7. The van der Waals surface area contributed by atoms with Crippen LogP contribution in [0.2, 0.25) is 0 Å². The number of carbonyl (C=O) groups is 3. The largest absolute Gasteiger partial charge is 0.497 e. The number of alkyl carbamates (subject to hydrolysis) is 1. The summed E-state index contributed by atoms with van der Waals surface area (Å²) in [6.07, 6.45) is -0.681. The highest BCUT2D eigenvalue weighted by molar-refractivity contribution is 5.98. The molecule has 1 fully saturated rings. The smallest absolute Gasteiger partial charge is 0.407 e. The number of nitrogens with zero attached hydrogens (tertiary/aromatic N) is 2. The molecule has 2 rings (SSSR count). The number of amides is 3. The Bertz CT molecular complexity index is 617. The Kier molecular flexibility index (Phi) is 5.62. The van der Waals surface area contributed by atoms with Crippen LogP contribution in [0.4, 0.5) is 10.5 Å². The first-order valence-corrected chi connectivity index (χ1v) is 7.52. The van der Waals surface area contributed by atoms with Gasteiger partial charge in [-0.3, -0.25) is 9.59 Å². The standard InChI is InChI=1S/C16H21N3O5/c1-11-9-19(12-4-6-13(23-2)7-5-12)15(21)10-18(11)14(20)8-17-16(22)24-3/h4-7,11H,8-10H2,1-3H3,(H,17,22). The van der Waals surface area contributed by atoms with Crippen molar-refractivity contribution in [1.29, 1.82) is 0 Å². The normalized spacial score (nSPS) is 17.5. The average molecular weight is 335 g/mol. The molecule has 1 aromatic carbocycles. The minimum atomic E-state index is -0.681. The van der Waals surface area contributed by atoms with Crippen molar-refractivity contribution in [1.82, 2.24) is 10.2 Å². The number of anilines is 1. The molecule has 24 heavy (non-hydrogen) atoms. The Balaban J connectivity index is 2.01. The Morgan fingerprint density at radius 3 is 2.50 bits per heavy atom. The molecule has 8 nitrogen and oxygen atoms in total. The number of rotatable bonds is 4. The summed E-state index contributed by atoms with van der Waals surface area (Å²) in [6, 6.07) is 7.01. The van der Waals surface area contributed by atoms with Gasteiger partial charge in [-0.1, -0.05) is 0 Å². The Hall–Kier alpha value is -2.77. The number of methoxy groups -OCH3 is 2. The number of benzene rings is 1. The van der Waals surface area contributed by atoms with Crippen molar-refractivity contribution in [2.75, 3.05) is 38.8 Å². The lowest BCUT2D eigenvalue weighted by Gasteiger charge is -2.39. The Morgan fingerprint density at radius 1 is 1.25 bits per heavy atom. The van der Waals surface area contributed by atoms with E-state index < -0.39 is 6.09 Å². The molecule has 1 unspecified atom stereocenters. The van der Waals surface area contributed by atoms with Crippen molar-refractivity contribution in [2.24, 2.45) is 0 Å². The van der Waals surface area contributed by atoms with Crippen molar-refractivity contribution in [3.05, 3.63) is 24.3 Å². The summed E-state index contributed by atoms with van der Waals surface area (Å²) in [5.41, 5.74) is 0.757. The van der Waals surface area contributed by atoms with Gasteiger partial charge in [-0.25, -0.2) is 4.79 Å². The van der Waals surface area contributed by atoms with Gasteiger partial charge in [0.25, 0.3) is 0 Å². The molecule has 1 N–H and O–H groups in total. The Labute approximate surface area is 140 Å². The number of carbonyl (C=O) groups excluding carboxylic acids is 3. The molecule has 1 aliphatic heterocycles.